The topological polar surface area (TPSA) is 63.6 Å². The zero-order chi connectivity index (χ0) is 33.9. The van der Waals surface area contributed by atoms with Gasteiger partial charge in [0, 0.05) is 63.9 Å². The third-order valence-corrected chi connectivity index (χ3v) is 11.5. The maximum absolute atomic E-state index is 8.95. The van der Waals surface area contributed by atoms with E-state index < -0.39 is 0 Å². The van der Waals surface area contributed by atoms with Gasteiger partial charge in [0.1, 0.15) is 4.03 Å². The summed E-state index contributed by atoms with van der Waals surface area (Å²) in [6, 6.07) is 24.2. The van der Waals surface area contributed by atoms with Crippen LogP contribution in [-0.2, 0) is 26.3 Å². The van der Waals surface area contributed by atoms with Crippen molar-refractivity contribution in [3.63, 3.8) is 0 Å². The van der Waals surface area contributed by atoms with Gasteiger partial charge in [0.25, 0.3) is 0 Å². The number of halogens is 7. The van der Waals surface area contributed by atoms with Crippen molar-refractivity contribution in [2.75, 3.05) is 13.2 Å². The number of benzene rings is 3. The van der Waals surface area contributed by atoms with Crippen LogP contribution in [0.1, 0.15) is 24.0 Å². The Balaban J connectivity index is 0. The summed E-state index contributed by atoms with van der Waals surface area (Å²) in [7, 11) is 0. The molecule has 6 aromatic rings. The quantitative estimate of drug-likeness (QED) is 0.107. The number of thiophene rings is 3. The Morgan fingerprint density at radius 3 is 1.54 bits per heavy atom. The van der Waals surface area contributed by atoms with Crippen LogP contribution in [0.5, 0.6) is 0 Å². The summed E-state index contributed by atoms with van der Waals surface area (Å²) in [5, 5.41) is 17.6. The minimum absolute atomic E-state index is 0. The number of aliphatic hydroxyl groups is 1. The van der Waals surface area contributed by atoms with Gasteiger partial charge in [-0.05, 0) is 77.5 Å². The minimum atomic E-state index is -0.183. The molecular formula is C31H30AlBr4Cl3LiO4PS3. The predicted octanol–water partition coefficient (Wildman–Crippen LogP) is 10.6. The Morgan fingerprint density at radius 1 is 0.771 bits per heavy atom. The molecule has 1 aliphatic heterocycles. The number of aliphatic hydroxyl groups excluding tert-OH is 1. The first-order valence-corrected chi connectivity index (χ1v) is 25.3. The van der Waals surface area contributed by atoms with Crippen molar-refractivity contribution < 1.29 is 39.7 Å². The Morgan fingerprint density at radius 2 is 1.17 bits per heavy atom. The Kier molecular flexibility index (Phi) is 29.4. The van der Waals surface area contributed by atoms with Crippen LogP contribution in [0.3, 0.4) is 0 Å². The summed E-state index contributed by atoms with van der Waals surface area (Å²) in [5.74, 6) is 0. The minimum Gasteiger partial charge on any atom is -1.00 e. The fraction of sp³-hybridized carbons (Fsp3) is 0.194. The average molecular weight is 1050 g/mol. The Bertz CT molecular complexity index is 1720. The van der Waals surface area contributed by atoms with Crippen molar-refractivity contribution >= 4 is 189 Å². The van der Waals surface area contributed by atoms with Crippen LogP contribution in [0, 0.1) is 0 Å². The van der Waals surface area contributed by atoms with Crippen LogP contribution in [0.2, 0.25) is 15.1 Å². The molecule has 4 nitrogen and oxygen atoms in total. The summed E-state index contributed by atoms with van der Waals surface area (Å²) >= 11 is 35.9. The normalized spacial score (nSPS) is 11.0. The monoisotopic (exact) mass is 1050 g/mol. The van der Waals surface area contributed by atoms with Gasteiger partial charge in [0.05, 0.1) is 21.7 Å². The number of fused-ring (bicyclic) bond motifs is 3. The van der Waals surface area contributed by atoms with E-state index in [0.717, 1.165) is 48.9 Å². The van der Waals surface area contributed by atoms with Crippen molar-refractivity contribution in [3.05, 3.63) is 103 Å². The van der Waals surface area contributed by atoms with E-state index in [0.29, 0.717) is 5.02 Å². The smallest absolute Gasteiger partial charge is 1.00 e. The largest absolute Gasteiger partial charge is 1.00 e. The second kappa shape index (κ2) is 28.7. The molecule has 254 valence electrons. The first-order chi connectivity index (χ1) is 22.2. The fourth-order valence-electron chi connectivity index (χ4n) is 3.77. The van der Waals surface area contributed by atoms with Crippen LogP contribution in [0.25, 0.3) is 30.3 Å². The molecule has 0 amide bonds. The number of alkyl halides is 1. The van der Waals surface area contributed by atoms with Gasteiger partial charge in [-0.2, -0.15) is 9.59 Å². The molecule has 48 heavy (non-hydrogen) atoms. The molecular weight excluding hydrogens is 1020 g/mol. The van der Waals surface area contributed by atoms with E-state index in [2.05, 4.69) is 80.6 Å². The van der Waals surface area contributed by atoms with E-state index in [1.165, 1.54) is 32.5 Å². The SMILES string of the molecule is BrP(Br)Br.C1CCOC1.Clc1c(CBr)sc2ccccc12.Clc1csc2ccccc12.O=C=O.OCc1sc2ccccc2c1Cl.[AlH3].[H-].[Li+]. The molecule has 0 bridgehead atoms. The van der Waals surface area contributed by atoms with Crippen molar-refractivity contribution in [2.45, 2.75) is 24.8 Å². The maximum atomic E-state index is 8.95. The Labute approximate surface area is 365 Å². The van der Waals surface area contributed by atoms with Crippen molar-refractivity contribution in [1.29, 1.82) is 0 Å². The summed E-state index contributed by atoms with van der Waals surface area (Å²) in [4.78, 5) is 18.3. The first-order valence-electron chi connectivity index (χ1n) is 13.1. The molecule has 4 heterocycles. The number of rotatable bonds is 2. The number of carbonyl (C=O) groups excluding carboxylic acids is 2. The van der Waals surface area contributed by atoms with Gasteiger partial charge >= 0.3 is 25.0 Å². The molecule has 0 radical (unpaired) electrons. The van der Waals surface area contributed by atoms with Crippen molar-refractivity contribution in [3.8, 4) is 0 Å². The third-order valence-electron chi connectivity index (χ3n) is 5.73. The summed E-state index contributed by atoms with van der Waals surface area (Å²) in [5.41, 5.74) is 0. The van der Waals surface area contributed by atoms with Gasteiger partial charge in [0.15, 0.2) is 17.4 Å². The maximum Gasteiger partial charge on any atom is 1.00 e. The van der Waals surface area contributed by atoms with E-state index in [1.807, 2.05) is 60.0 Å². The molecule has 1 saturated heterocycles. The molecule has 1 aliphatic rings. The zero-order valence-corrected chi connectivity index (χ0v) is 36.7. The molecule has 0 atom stereocenters. The summed E-state index contributed by atoms with van der Waals surface area (Å²) in [6.07, 6.45) is 2.81. The molecule has 1 N–H and O–H groups in total. The molecule has 0 saturated carbocycles. The third kappa shape index (κ3) is 17.3. The van der Waals surface area contributed by atoms with Gasteiger partial charge in [-0.1, -0.05) is 105 Å². The van der Waals surface area contributed by atoms with Crippen LogP contribution in [0.4, 0.5) is 0 Å². The number of hydrogen-bond acceptors (Lipinski definition) is 7. The van der Waals surface area contributed by atoms with Crippen LogP contribution in [-0.4, -0.2) is 41.8 Å². The number of hydrogen-bond donors (Lipinski definition) is 1. The molecule has 1 fully saturated rings. The van der Waals surface area contributed by atoms with E-state index in [9.17, 15) is 0 Å². The molecule has 0 aliphatic carbocycles. The summed E-state index contributed by atoms with van der Waals surface area (Å²) in [6.45, 7) is 2.03. The zero-order valence-electron chi connectivity index (χ0n) is 25.7. The molecule has 17 heteroatoms. The van der Waals surface area contributed by atoms with Gasteiger partial charge in [-0.25, -0.2) is 0 Å². The van der Waals surface area contributed by atoms with E-state index >= 15 is 0 Å². The van der Waals surface area contributed by atoms with Gasteiger partial charge < -0.3 is 11.3 Å². The molecule has 0 spiro atoms. The second-order valence-corrected chi connectivity index (χ2v) is 28.9. The van der Waals surface area contributed by atoms with Crippen LogP contribution >= 0.6 is 135 Å². The van der Waals surface area contributed by atoms with Gasteiger partial charge in [-0.15, -0.1) is 34.0 Å². The average Bonchev–Trinajstić information content (AvgIpc) is 3.87. The van der Waals surface area contributed by atoms with Crippen molar-refractivity contribution in [2.24, 2.45) is 0 Å². The standard InChI is InChI=1S/C9H6BrClS.C9H7ClOS.C8H5ClS.C4H8O.CO2.Al.Br3P.Li.4H/c10-5-8-9(11)6-3-1-2-4-7(6)12-8;10-9-6-3-1-2-4-7(6)12-8(9)5-11;9-7-5-10-8-4-2-1-3-6(7)8;1-2-4-5-3-1;2-1-3;;1-4(2)3;;;;;/h1-4H,5H2;1-4,11H,5H2;1-5H;1-4H2;;;;;;;;/q;;;;;;;+1;;;;-1. The summed E-state index contributed by atoms with van der Waals surface area (Å²) < 4.78 is 8.41. The van der Waals surface area contributed by atoms with Crippen molar-refractivity contribution in [1.82, 2.24) is 0 Å². The van der Waals surface area contributed by atoms with Crippen LogP contribution in [0.15, 0.2) is 78.2 Å². The number of ether oxygens (including phenoxy) is 1. The molecule has 3 aromatic heterocycles. The molecule has 3 aromatic carbocycles. The second-order valence-electron chi connectivity index (χ2n) is 8.64. The van der Waals surface area contributed by atoms with E-state index in [1.54, 1.807) is 34.0 Å². The van der Waals surface area contributed by atoms with Crippen LogP contribution < -0.4 is 18.9 Å². The predicted molar refractivity (Wildman–Crippen MR) is 229 cm³/mol. The first kappa shape index (κ1) is 49.2. The van der Waals surface area contributed by atoms with E-state index in [4.69, 9.17) is 54.2 Å². The van der Waals surface area contributed by atoms with Gasteiger partial charge in [0.2, 0.25) is 0 Å². The van der Waals surface area contributed by atoms with Gasteiger partial charge in [-0.3, -0.25) is 0 Å². The Hall–Kier alpha value is 1.19. The molecule has 7 rings (SSSR count). The fourth-order valence-corrected chi connectivity index (χ4v) is 8.43. The van der Waals surface area contributed by atoms with E-state index in [-0.39, 0.29) is 54.4 Å². The molecule has 0 unspecified atom stereocenters.